The second-order valence-electron chi connectivity index (χ2n) is 4.78. The van der Waals surface area contributed by atoms with E-state index in [4.69, 9.17) is 9.84 Å². The van der Waals surface area contributed by atoms with Crippen LogP contribution >= 0.6 is 0 Å². The van der Waals surface area contributed by atoms with Gasteiger partial charge in [-0.1, -0.05) is 33.1 Å². The quantitative estimate of drug-likeness (QED) is 0.769. The first kappa shape index (κ1) is 15.0. The first-order valence-electron chi connectivity index (χ1n) is 6.91. The summed E-state index contributed by atoms with van der Waals surface area (Å²) >= 11 is 0. The van der Waals surface area contributed by atoms with Gasteiger partial charge < -0.3 is 9.84 Å². The third kappa shape index (κ3) is 4.65. The number of aliphatic hydroxyl groups is 1. The molecule has 102 valence electrons. The topological polar surface area (TPSA) is 42.4 Å². The Hall–Kier alpha value is -1.09. The lowest BCUT2D eigenvalue weighted by Gasteiger charge is -2.15. The maximum absolute atomic E-state index is 9.08. The van der Waals surface area contributed by atoms with Crippen molar-refractivity contribution in [1.29, 1.82) is 0 Å². The van der Waals surface area contributed by atoms with Crippen molar-refractivity contribution in [2.45, 2.75) is 53.1 Å². The summed E-state index contributed by atoms with van der Waals surface area (Å²) in [5, 5.41) is 9.08. The lowest BCUT2D eigenvalue weighted by Crippen LogP contribution is -2.12. The highest BCUT2D eigenvalue weighted by atomic mass is 16.5. The summed E-state index contributed by atoms with van der Waals surface area (Å²) in [5.41, 5.74) is 1.71. The van der Waals surface area contributed by atoms with E-state index in [1.807, 2.05) is 19.1 Å². The minimum Gasteiger partial charge on any atom is -0.477 e. The zero-order valence-corrected chi connectivity index (χ0v) is 11.8. The van der Waals surface area contributed by atoms with Crippen LogP contribution in [0.3, 0.4) is 0 Å². The number of aromatic nitrogens is 1. The molecule has 1 atom stereocenters. The first-order valence-corrected chi connectivity index (χ1v) is 6.91. The molecule has 0 fully saturated rings. The predicted molar refractivity (Wildman–Crippen MR) is 73.7 cm³/mol. The summed E-state index contributed by atoms with van der Waals surface area (Å²) in [6.45, 7) is 7.09. The molecule has 0 aliphatic heterocycles. The molecule has 1 heterocycles. The van der Waals surface area contributed by atoms with Gasteiger partial charge in [0, 0.05) is 11.8 Å². The Morgan fingerprint density at radius 1 is 1.33 bits per heavy atom. The summed E-state index contributed by atoms with van der Waals surface area (Å²) in [6, 6.07) is 3.72. The second-order valence-corrected chi connectivity index (χ2v) is 4.78. The number of aliphatic hydroxyl groups excluding tert-OH is 1. The first-order chi connectivity index (χ1) is 8.71. The Balaban J connectivity index is 2.49. The second kappa shape index (κ2) is 8.09. The van der Waals surface area contributed by atoms with E-state index < -0.39 is 0 Å². The predicted octanol–water partition coefficient (Wildman–Crippen LogP) is 3.48. The van der Waals surface area contributed by atoms with Crippen LogP contribution in [0.15, 0.2) is 12.1 Å². The minimum atomic E-state index is 0.0349. The number of hydrogen-bond donors (Lipinski definition) is 1. The van der Waals surface area contributed by atoms with Crippen LogP contribution in [0, 0.1) is 12.8 Å². The van der Waals surface area contributed by atoms with Crippen LogP contribution in [0.25, 0.3) is 0 Å². The molecule has 0 bridgehead atoms. The molecule has 0 spiro atoms. The molecule has 1 unspecified atom stereocenters. The van der Waals surface area contributed by atoms with Crippen LogP contribution < -0.4 is 4.74 Å². The van der Waals surface area contributed by atoms with Gasteiger partial charge in [-0.15, -0.1) is 0 Å². The van der Waals surface area contributed by atoms with Crippen molar-refractivity contribution in [1.82, 2.24) is 4.98 Å². The molecule has 0 saturated heterocycles. The van der Waals surface area contributed by atoms with E-state index in [1.165, 1.54) is 19.3 Å². The van der Waals surface area contributed by atoms with Gasteiger partial charge in [0.25, 0.3) is 0 Å². The number of unbranched alkanes of at least 4 members (excludes halogenated alkanes) is 1. The van der Waals surface area contributed by atoms with Crippen LogP contribution in [0.4, 0.5) is 0 Å². The van der Waals surface area contributed by atoms with E-state index in [9.17, 15) is 0 Å². The molecule has 3 heteroatoms. The van der Waals surface area contributed by atoms with E-state index in [0.717, 1.165) is 24.3 Å². The smallest absolute Gasteiger partial charge is 0.213 e. The Kier molecular flexibility index (Phi) is 6.73. The summed E-state index contributed by atoms with van der Waals surface area (Å²) < 4.78 is 5.74. The van der Waals surface area contributed by atoms with Crippen molar-refractivity contribution < 1.29 is 9.84 Å². The third-order valence-electron chi connectivity index (χ3n) is 3.35. The van der Waals surface area contributed by atoms with Gasteiger partial charge in [-0.05, 0) is 30.9 Å². The van der Waals surface area contributed by atoms with E-state index >= 15 is 0 Å². The zero-order valence-electron chi connectivity index (χ0n) is 11.8. The highest BCUT2D eigenvalue weighted by Crippen LogP contribution is 2.17. The van der Waals surface area contributed by atoms with Crippen molar-refractivity contribution in [2.24, 2.45) is 5.92 Å². The number of nitrogens with zero attached hydrogens (tertiary/aromatic N) is 1. The average Bonchev–Trinajstić information content (AvgIpc) is 2.39. The molecule has 0 aliphatic carbocycles. The maximum atomic E-state index is 9.08. The van der Waals surface area contributed by atoms with Gasteiger partial charge in [0.15, 0.2) is 0 Å². The molecule has 1 N–H and O–H groups in total. The molecule has 0 saturated carbocycles. The SMILES string of the molecule is CCCCC(CC)COc1ccc(CO)c(C)n1. The highest BCUT2D eigenvalue weighted by molar-refractivity contribution is 5.24. The Morgan fingerprint density at radius 2 is 2.11 bits per heavy atom. The van der Waals surface area contributed by atoms with Gasteiger partial charge in [-0.2, -0.15) is 0 Å². The molecule has 1 aromatic heterocycles. The summed E-state index contributed by atoms with van der Waals surface area (Å²) in [4.78, 5) is 4.35. The maximum Gasteiger partial charge on any atom is 0.213 e. The molecular weight excluding hydrogens is 226 g/mol. The number of aryl methyl sites for hydroxylation is 1. The van der Waals surface area contributed by atoms with Crippen molar-refractivity contribution in [3.8, 4) is 5.88 Å². The number of ether oxygens (including phenoxy) is 1. The standard InChI is InChI=1S/C15H25NO2/c1-4-6-7-13(5-2)11-18-15-9-8-14(10-17)12(3)16-15/h8-9,13,17H,4-7,10-11H2,1-3H3. The summed E-state index contributed by atoms with van der Waals surface area (Å²) in [5.74, 6) is 1.28. The Bertz CT molecular complexity index is 352. The fourth-order valence-electron chi connectivity index (χ4n) is 1.92. The van der Waals surface area contributed by atoms with Gasteiger partial charge in [-0.25, -0.2) is 4.98 Å². The van der Waals surface area contributed by atoms with Crippen molar-refractivity contribution >= 4 is 0 Å². The van der Waals surface area contributed by atoms with Crippen LogP contribution in [-0.4, -0.2) is 16.7 Å². The molecule has 0 aliphatic rings. The lowest BCUT2D eigenvalue weighted by molar-refractivity contribution is 0.225. The minimum absolute atomic E-state index is 0.0349. The van der Waals surface area contributed by atoms with Crippen LogP contribution in [-0.2, 0) is 6.61 Å². The summed E-state index contributed by atoms with van der Waals surface area (Å²) in [7, 11) is 0. The van der Waals surface area contributed by atoms with Crippen molar-refractivity contribution in [3.63, 3.8) is 0 Å². The summed E-state index contributed by atoms with van der Waals surface area (Å²) in [6.07, 6.45) is 4.87. The fourth-order valence-corrected chi connectivity index (χ4v) is 1.92. The van der Waals surface area contributed by atoms with Crippen molar-refractivity contribution in [3.05, 3.63) is 23.4 Å². The third-order valence-corrected chi connectivity index (χ3v) is 3.35. The van der Waals surface area contributed by atoms with Gasteiger partial charge in [0.1, 0.15) is 0 Å². The monoisotopic (exact) mass is 251 g/mol. The van der Waals surface area contributed by atoms with E-state index in [1.54, 1.807) is 0 Å². The number of hydrogen-bond acceptors (Lipinski definition) is 3. The molecule has 1 rings (SSSR count). The van der Waals surface area contributed by atoms with Crippen molar-refractivity contribution in [2.75, 3.05) is 6.61 Å². The zero-order chi connectivity index (χ0) is 13.4. The van der Waals surface area contributed by atoms with E-state index in [0.29, 0.717) is 11.8 Å². The van der Waals surface area contributed by atoms with Gasteiger partial charge in [0.05, 0.1) is 13.2 Å². The normalized spacial score (nSPS) is 12.4. The highest BCUT2D eigenvalue weighted by Gasteiger charge is 2.08. The van der Waals surface area contributed by atoms with Gasteiger partial charge in [0.2, 0.25) is 5.88 Å². The molecular formula is C15H25NO2. The fraction of sp³-hybridized carbons (Fsp3) is 0.667. The molecule has 18 heavy (non-hydrogen) atoms. The van der Waals surface area contributed by atoms with Gasteiger partial charge in [-0.3, -0.25) is 0 Å². The average molecular weight is 251 g/mol. The van der Waals surface area contributed by atoms with E-state index in [2.05, 4.69) is 18.8 Å². The molecule has 3 nitrogen and oxygen atoms in total. The Labute approximate surface area is 110 Å². The molecule has 0 radical (unpaired) electrons. The number of pyridine rings is 1. The van der Waals surface area contributed by atoms with E-state index in [-0.39, 0.29) is 6.61 Å². The molecule has 0 amide bonds. The van der Waals surface area contributed by atoms with Crippen LogP contribution in [0.5, 0.6) is 5.88 Å². The van der Waals surface area contributed by atoms with Crippen LogP contribution in [0.1, 0.15) is 50.8 Å². The number of rotatable bonds is 8. The van der Waals surface area contributed by atoms with Gasteiger partial charge >= 0.3 is 0 Å². The Morgan fingerprint density at radius 3 is 2.67 bits per heavy atom. The molecule has 1 aromatic rings. The van der Waals surface area contributed by atoms with Crippen LogP contribution in [0.2, 0.25) is 0 Å². The lowest BCUT2D eigenvalue weighted by atomic mass is 10.0. The largest absolute Gasteiger partial charge is 0.477 e. The molecule has 0 aromatic carbocycles.